The molecule has 1 aromatic heterocycles. The van der Waals surface area contributed by atoms with Crippen molar-refractivity contribution in [1.82, 2.24) is 14.9 Å². The van der Waals surface area contributed by atoms with Gasteiger partial charge in [-0.05, 0) is 24.1 Å². The van der Waals surface area contributed by atoms with E-state index in [0.717, 1.165) is 5.56 Å². The number of hydrogen-bond acceptors (Lipinski definition) is 3. The fraction of sp³-hybridized carbons (Fsp3) is 0.214. The molecular formula is C14H15N3O3. The maximum atomic E-state index is 11.7. The van der Waals surface area contributed by atoms with Crippen molar-refractivity contribution in [3.8, 4) is 0 Å². The van der Waals surface area contributed by atoms with Crippen LogP contribution in [0.3, 0.4) is 0 Å². The second-order valence-electron chi connectivity index (χ2n) is 4.44. The van der Waals surface area contributed by atoms with E-state index in [-0.39, 0.29) is 11.5 Å². The van der Waals surface area contributed by atoms with E-state index in [9.17, 15) is 9.59 Å². The number of nitrogens with one attached hydrogen (secondary N) is 1. The molecule has 2 N–H and O–H groups in total. The number of carbonyl (C=O) groups excluding carboxylic acids is 1. The molecule has 20 heavy (non-hydrogen) atoms. The smallest absolute Gasteiger partial charge is 0.335 e. The Morgan fingerprint density at radius 2 is 2.20 bits per heavy atom. The summed E-state index contributed by atoms with van der Waals surface area (Å²) in [6.45, 7) is 0.429. The van der Waals surface area contributed by atoms with Crippen LogP contribution in [0.5, 0.6) is 0 Å². The van der Waals surface area contributed by atoms with Crippen molar-refractivity contribution >= 4 is 11.9 Å². The van der Waals surface area contributed by atoms with Crippen LogP contribution in [-0.4, -0.2) is 33.1 Å². The average molecular weight is 273 g/mol. The van der Waals surface area contributed by atoms with Crippen LogP contribution in [0.4, 0.5) is 0 Å². The van der Waals surface area contributed by atoms with Gasteiger partial charge < -0.3 is 15.0 Å². The highest BCUT2D eigenvalue weighted by Crippen LogP contribution is 2.05. The number of carbonyl (C=O) groups is 2. The van der Waals surface area contributed by atoms with Crippen LogP contribution in [0.2, 0.25) is 0 Å². The molecule has 0 bridgehead atoms. The summed E-state index contributed by atoms with van der Waals surface area (Å²) in [5, 5.41) is 11.6. The van der Waals surface area contributed by atoms with Gasteiger partial charge >= 0.3 is 5.97 Å². The van der Waals surface area contributed by atoms with Gasteiger partial charge in [-0.15, -0.1) is 0 Å². The van der Waals surface area contributed by atoms with E-state index >= 15 is 0 Å². The SMILES string of the molecule is Cn1cnc(C(=O)NCCc2cccc(C(=O)O)c2)c1. The Hall–Kier alpha value is -2.63. The second kappa shape index (κ2) is 6.01. The van der Waals surface area contributed by atoms with Gasteiger partial charge in [-0.25, -0.2) is 9.78 Å². The van der Waals surface area contributed by atoms with Gasteiger partial charge in [0.05, 0.1) is 11.9 Å². The van der Waals surface area contributed by atoms with Gasteiger partial charge in [0.15, 0.2) is 0 Å². The largest absolute Gasteiger partial charge is 0.478 e. The molecule has 0 unspecified atom stereocenters. The van der Waals surface area contributed by atoms with Gasteiger partial charge in [-0.1, -0.05) is 12.1 Å². The summed E-state index contributed by atoms with van der Waals surface area (Å²) >= 11 is 0. The normalized spacial score (nSPS) is 10.2. The maximum Gasteiger partial charge on any atom is 0.335 e. The number of imidazole rings is 1. The highest BCUT2D eigenvalue weighted by molar-refractivity contribution is 5.92. The maximum absolute atomic E-state index is 11.7. The molecule has 6 heteroatoms. The minimum Gasteiger partial charge on any atom is -0.478 e. The minimum atomic E-state index is -0.954. The lowest BCUT2D eigenvalue weighted by atomic mass is 10.1. The number of nitrogens with zero attached hydrogens (tertiary/aromatic N) is 2. The molecule has 1 aromatic carbocycles. The predicted molar refractivity (Wildman–Crippen MR) is 72.6 cm³/mol. The molecule has 1 amide bonds. The molecule has 0 saturated heterocycles. The van der Waals surface area contributed by atoms with Gasteiger partial charge in [0.25, 0.3) is 5.91 Å². The van der Waals surface area contributed by atoms with E-state index < -0.39 is 5.97 Å². The highest BCUT2D eigenvalue weighted by Gasteiger charge is 2.08. The number of benzene rings is 1. The third-order valence-corrected chi connectivity index (χ3v) is 2.81. The highest BCUT2D eigenvalue weighted by atomic mass is 16.4. The lowest BCUT2D eigenvalue weighted by molar-refractivity contribution is 0.0696. The first-order chi connectivity index (χ1) is 9.56. The quantitative estimate of drug-likeness (QED) is 0.854. The molecule has 104 valence electrons. The zero-order chi connectivity index (χ0) is 14.5. The van der Waals surface area contributed by atoms with Crippen LogP contribution in [0.1, 0.15) is 26.4 Å². The minimum absolute atomic E-state index is 0.236. The molecule has 0 radical (unpaired) electrons. The third-order valence-electron chi connectivity index (χ3n) is 2.81. The summed E-state index contributed by atoms with van der Waals surface area (Å²) in [5.41, 5.74) is 1.48. The molecule has 0 fully saturated rings. The van der Waals surface area contributed by atoms with Crippen LogP contribution >= 0.6 is 0 Å². The number of carboxylic acid groups (broad SMARTS) is 1. The first-order valence-corrected chi connectivity index (χ1v) is 6.14. The van der Waals surface area contributed by atoms with Crippen molar-refractivity contribution in [2.45, 2.75) is 6.42 Å². The van der Waals surface area contributed by atoms with Crippen molar-refractivity contribution in [2.75, 3.05) is 6.54 Å². The fourth-order valence-electron chi connectivity index (χ4n) is 1.80. The topological polar surface area (TPSA) is 84.2 Å². The summed E-state index contributed by atoms with van der Waals surface area (Å²) in [4.78, 5) is 26.5. The predicted octanol–water partition coefficient (Wildman–Crippen LogP) is 1.09. The monoisotopic (exact) mass is 273 g/mol. The summed E-state index contributed by atoms with van der Waals surface area (Å²) in [6.07, 6.45) is 3.77. The van der Waals surface area contributed by atoms with Crippen molar-refractivity contribution < 1.29 is 14.7 Å². The molecular weight excluding hydrogens is 258 g/mol. The molecule has 1 heterocycles. The van der Waals surface area contributed by atoms with E-state index in [0.29, 0.717) is 18.7 Å². The van der Waals surface area contributed by atoms with Gasteiger partial charge in [0.2, 0.25) is 0 Å². The summed E-state index contributed by atoms with van der Waals surface area (Å²) < 4.78 is 1.70. The zero-order valence-electron chi connectivity index (χ0n) is 11.0. The molecule has 0 spiro atoms. The average Bonchev–Trinajstić information content (AvgIpc) is 2.86. The van der Waals surface area contributed by atoms with E-state index in [1.165, 1.54) is 6.07 Å². The van der Waals surface area contributed by atoms with Crippen molar-refractivity contribution in [1.29, 1.82) is 0 Å². The van der Waals surface area contributed by atoms with Gasteiger partial charge in [0.1, 0.15) is 5.69 Å². The number of amides is 1. The molecule has 0 aliphatic rings. The first-order valence-electron chi connectivity index (χ1n) is 6.14. The van der Waals surface area contributed by atoms with Gasteiger partial charge in [-0.3, -0.25) is 4.79 Å². The summed E-state index contributed by atoms with van der Waals surface area (Å²) in [5.74, 6) is -1.19. The summed E-state index contributed by atoms with van der Waals surface area (Å²) in [6, 6.07) is 6.67. The lowest BCUT2D eigenvalue weighted by Gasteiger charge is -2.04. The second-order valence-corrected chi connectivity index (χ2v) is 4.44. The Labute approximate surface area is 116 Å². The Bertz CT molecular complexity index is 634. The number of aromatic carboxylic acids is 1. The number of aryl methyl sites for hydroxylation is 1. The third kappa shape index (κ3) is 3.44. The standard InChI is InChI=1S/C14H15N3O3/c1-17-8-12(16-9-17)13(18)15-6-5-10-3-2-4-11(7-10)14(19)20/h2-4,7-9H,5-6H2,1H3,(H,15,18)(H,19,20). The van der Waals surface area contributed by atoms with E-state index in [4.69, 9.17) is 5.11 Å². The van der Waals surface area contributed by atoms with Crippen LogP contribution < -0.4 is 5.32 Å². The van der Waals surface area contributed by atoms with E-state index in [1.54, 1.807) is 36.3 Å². The van der Waals surface area contributed by atoms with Gasteiger partial charge in [-0.2, -0.15) is 0 Å². The van der Waals surface area contributed by atoms with Crippen molar-refractivity contribution in [3.05, 3.63) is 53.6 Å². The fourth-order valence-corrected chi connectivity index (χ4v) is 1.80. The molecule has 2 aromatic rings. The van der Waals surface area contributed by atoms with Crippen LogP contribution in [0.25, 0.3) is 0 Å². The number of aromatic nitrogens is 2. The molecule has 0 saturated carbocycles. The van der Waals surface area contributed by atoms with Crippen LogP contribution in [0.15, 0.2) is 36.8 Å². The Balaban J connectivity index is 1.88. The molecule has 6 nitrogen and oxygen atoms in total. The van der Waals surface area contributed by atoms with E-state index in [2.05, 4.69) is 10.3 Å². The lowest BCUT2D eigenvalue weighted by Crippen LogP contribution is -2.26. The number of carboxylic acids is 1. The van der Waals surface area contributed by atoms with Crippen molar-refractivity contribution in [3.63, 3.8) is 0 Å². The summed E-state index contributed by atoms with van der Waals surface area (Å²) in [7, 11) is 1.79. The van der Waals surface area contributed by atoms with E-state index in [1.807, 2.05) is 6.07 Å². The number of hydrogen-bond donors (Lipinski definition) is 2. The van der Waals surface area contributed by atoms with Crippen LogP contribution in [0, 0.1) is 0 Å². The molecule has 0 aliphatic carbocycles. The van der Waals surface area contributed by atoms with Gasteiger partial charge in [0, 0.05) is 19.8 Å². The zero-order valence-corrected chi connectivity index (χ0v) is 11.0. The molecule has 0 aliphatic heterocycles. The molecule has 0 atom stereocenters. The Morgan fingerprint density at radius 3 is 2.85 bits per heavy atom. The van der Waals surface area contributed by atoms with Crippen LogP contribution in [-0.2, 0) is 13.5 Å². The Kier molecular flexibility index (Phi) is 4.14. The number of rotatable bonds is 5. The Morgan fingerprint density at radius 1 is 1.40 bits per heavy atom. The first kappa shape index (κ1) is 13.8. The molecule has 2 rings (SSSR count). The van der Waals surface area contributed by atoms with Crippen molar-refractivity contribution in [2.24, 2.45) is 7.05 Å².